The minimum absolute atomic E-state index is 0.00344. The first kappa shape index (κ1) is 17.2. The number of ether oxygens (including phenoxy) is 2. The highest BCUT2D eigenvalue weighted by molar-refractivity contribution is 6.48. The number of halogens is 4. The van der Waals surface area contributed by atoms with E-state index in [1.807, 2.05) is 0 Å². The van der Waals surface area contributed by atoms with E-state index < -0.39 is 11.9 Å². The summed E-state index contributed by atoms with van der Waals surface area (Å²) < 4.78 is 9.28. The van der Waals surface area contributed by atoms with Crippen molar-refractivity contribution in [2.75, 3.05) is 14.2 Å². The van der Waals surface area contributed by atoms with Crippen LogP contribution in [0.5, 0.6) is 0 Å². The molecule has 2 aromatic carbocycles. The monoisotopic (exact) mass is 380 g/mol. The van der Waals surface area contributed by atoms with E-state index in [1.165, 1.54) is 26.4 Å². The summed E-state index contributed by atoms with van der Waals surface area (Å²) in [6.45, 7) is 0. The van der Waals surface area contributed by atoms with Gasteiger partial charge in [0.05, 0.1) is 45.4 Å². The van der Waals surface area contributed by atoms with Gasteiger partial charge < -0.3 is 9.47 Å². The first-order valence-electron chi connectivity index (χ1n) is 5.79. The Bertz CT molecular complexity index is 734. The third-order valence-corrected chi connectivity index (χ3v) is 4.38. The van der Waals surface area contributed by atoms with Crippen LogP contribution in [0.1, 0.15) is 20.7 Å². The van der Waals surface area contributed by atoms with Crippen LogP contribution < -0.4 is 0 Å². The fourth-order valence-electron chi connectivity index (χ4n) is 1.97. The molecule has 2 rings (SSSR count). The van der Waals surface area contributed by atoms with Crippen LogP contribution in [-0.2, 0) is 9.47 Å². The van der Waals surface area contributed by atoms with Gasteiger partial charge in [0.15, 0.2) is 0 Å². The van der Waals surface area contributed by atoms with E-state index in [1.54, 1.807) is 0 Å². The molecule has 116 valence electrons. The number of carbonyl (C=O) groups is 2. The van der Waals surface area contributed by atoms with Crippen LogP contribution in [0.3, 0.4) is 0 Å². The van der Waals surface area contributed by atoms with E-state index in [0.29, 0.717) is 10.8 Å². The van der Waals surface area contributed by atoms with E-state index in [9.17, 15) is 9.59 Å². The van der Waals surface area contributed by atoms with Crippen molar-refractivity contribution in [2.24, 2.45) is 0 Å². The number of methoxy groups -OCH3 is 2. The molecule has 0 fully saturated rings. The highest BCUT2D eigenvalue weighted by Crippen LogP contribution is 2.41. The van der Waals surface area contributed by atoms with Crippen molar-refractivity contribution in [3.63, 3.8) is 0 Å². The van der Waals surface area contributed by atoms with Crippen LogP contribution in [0, 0.1) is 0 Å². The van der Waals surface area contributed by atoms with Gasteiger partial charge in [-0.25, -0.2) is 9.59 Å². The molecule has 0 spiro atoms. The van der Waals surface area contributed by atoms with Gasteiger partial charge in [-0.05, 0) is 12.1 Å². The summed E-state index contributed by atoms with van der Waals surface area (Å²) >= 11 is 24.6. The topological polar surface area (TPSA) is 52.6 Å². The van der Waals surface area contributed by atoms with Gasteiger partial charge in [0.2, 0.25) is 0 Å². The number of carbonyl (C=O) groups excluding carboxylic acids is 2. The van der Waals surface area contributed by atoms with E-state index in [2.05, 4.69) is 9.47 Å². The average Bonchev–Trinajstić information content (AvgIpc) is 2.48. The van der Waals surface area contributed by atoms with Gasteiger partial charge >= 0.3 is 11.9 Å². The van der Waals surface area contributed by atoms with Crippen molar-refractivity contribution in [1.82, 2.24) is 0 Å². The van der Waals surface area contributed by atoms with Gasteiger partial charge in [0, 0.05) is 10.8 Å². The molecule has 0 N–H and O–H groups in total. The van der Waals surface area contributed by atoms with Crippen molar-refractivity contribution >= 4 is 69.1 Å². The molecule has 0 aliphatic carbocycles. The summed E-state index contributed by atoms with van der Waals surface area (Å²) in [6, 6.07) is 2.83. The smallest absolute Gasteiger partial charge is 0.340 e. The number of hydrogen-bond acceptors (Lipinski definition) is 4. The Hall–Kier alpha value is -1.20. The molecular formula is C14H8Cl4O4. The number of esters is 2. The van der Waals surface area contributed by atoms with Gasteiger partial charge in [-0.2, -0.15) is 0 Å². The molecule has 0 aliphatic rings. The van der Waals surface area contributed by atoms with Gasteiger partial charge in [0.25, 0.3) is 0 Å². The molecule has 0 atom stereocenters. The molecular weight excluding hydrogens is 374 g/mol. The lowest BCUT2D eigenvalue weighted by Gasteiger charge is -2.13. The summed E-state index contributed by atoms with van der Waals surface area (Å²) in [6.07, 6.45) is 0. The standard InChI is InChI=1S/C14H8Cl4O4/c1-21-13(19)9-7(15)3-6-5(11(9)17)4-8(16)10(12(6)18)14(20)22-2/h3-4H,1-2H3. The Labute approximate surface area is 145 Å². The summed E-state index contributed by atoms with van der Waals surface area (Å²) in [7, 11) is 2.42. The summed E-state index contributed by atoms with van der Waals surface area (Å²) in [5.41, 5.74) is -0.00688. The molecule has 0 unspecified atom stereocenters. The minimum Gasteiger partial charge on any atom is -0.465 e. The molecule has 0 radical (unpaired) electrons. The fraction of sp³-hybridized carbons (Fsp3) is 0.143. The molecule has 2 aromatic rings. The maximum absolute atomic E-state index is 11.8. The molecule has 0 bridgehead atoms. The maximum atomic E-state index is 11.8. The number of fused-ring (bicyclic) bond motifs is 1. The lowest BCUT2D eigenvalue weighted by atomic mass is 10.0. The van der Waals surface area contributed by atoms with Crippen LogP contribution in [-0.4, -0.2) is 26.2 Å². The molecule has 0 heterocycles. The Morgan fingerprint density at radius 1 is 0.773 bits per heavy atom. The third-order valence-electron chi connectivity index (χ3n) is 3.00. The SMILES string of the molecule is COC(=O)c1c(Cl)cc2c(Cl)c(C(=O)OC)c(Cl)cc2c1Cl. The van der Waals surface area contributed by atoms with E-state index in [4.69, 9.17) is 46.4 Å². The maximum Gasteiger partial charge on any atom is 0.340 e. The number of benzene rings is 2. The fourth-order valence-corrected chi connectivity index (χ4v) is 3.30. The lowest BCUT2D eigenvalue weighted by molar-refractivity contribution is 0.0592. The Morgan fingerprint density at radius 3 is 1.36 bits per heavy atom. The highest BCUT2D eigenvalue weighted by atomic mass is 35.5. The molecule has 22 heavy (non-hydrogen) atoms. The zero-order valence-electron chi connectivity index (χ0n) is 11.3. The minimum atomic E-state index is -0.693. The molecule has 4 nitrogen and oxygen atoms in total. The summed E-state index contributed by atoms with van der Waals surface area (Å²) in [4.78, 5) is 23.5. The van der Waals surface area contributed by atoms with Crippen molar-refractivity contribution in [3.8, 4) is 0 Å². The van der Waals surface area contributed by atoms with Gasteiger partial charge in [0.1, 0.15) is 0 Å². The summed E-state index contributed by atoms with van der Waals surface area (Å²) in [5, 5.41) is 0.904. The van der Waals surface area contributed by atoms with Crippen molar-refractivity contribution < 1.29 is 19.1 Å². The van der Waals surface area contributed by atoms with Gasteiger partial charge in [-0.1, -0.05) is 46.4 Å². The quantitative estimate of drug-likeness (QED) is 0.684. The average molecular weight is 382 g/mol. The van der Waals surface area contributed by atoms with Crippen LogP contribution in [0.15, 0.2) is 12.1 Å². The predicted molar refractivity (Wildman–Crippen MR) is 86.7 cm³/mol. The number of rotatable bonds is 2. The van der Waals surface area contributed by atoms with Crippen LogP contribution >= 0.6 is 46.4 Å². The van der Waals surface area contributed by atoms with E-state index in [0.717, 1.165) is 0 Å². The van der Waals surface area contributed by atoms with E-state index in [-0.39, 0.29) is 31.2 Å². The molecule has 0 saturated heterocycles. The Balaban J connectivity index is 2.90. The van der Waals surface area contributed by atoms with Crippen LogP contribution in [0.25, 0.3) is 10.8 Å². The lowest BCUT2D eigenvalue weighted by Crippen LogP contribution is -2.06. The summed E-state index contributed by atoms with van der Waals surface area (Å²) in [5.74, 6) is -1.39. The first-order valence-corrected chi connectivity index (χ1v) is 7.31. The second-order valence-electron chi connectivity index (χ2n) is 4.17. The van der Waals surface area contributed by atoms with Crippen molar-refractivity contribution in [1.29, 1.82) is 0 Å². The van der Waals surface area contributed by atoms with Crippen LogP contribution in [0.2, 0.25) is 20.1 Å². The molecule has 0 aromatic heterocycles. The molecule has 0 saturated carbocycles. The van der Waals surface area contributed by atoms with Gasteiger partial charge in [-0.15, -0.1) is 0 Å². The third kappa shape index (κ3) is 2.72. The van der Waals surface area contributed by atoms with E-state index >= 15 is 0 Å². The normalized spacial score (nSPS) is 10.6. The van der Waals surface area contributed by atoms with Gasteiger partial charge in [-0.3, -0.25) is 0 Å². The molecule has 8 heteroatoms. The second kappa shape index (κ2) is 6.50. The largest absolute Gasteiger partial charge is 0.465 e. The van der Waals surface area contributed by atoms with Crippen molar-refractivity contribution in [3.05, 3.63) is 43.4 Å². The van der Waals surface area contributed by atoms with Crippen molar-refractivity contribution in [2.45, 2.75) is 0 Å². The molecule has 0 amide bonds. The predicted octanol–water partition coefficient (Wildman–Crippen LogP) is 5.03. The zero-order valence-corrected chi connectivity index (χ0v) is 14.3. The number of hydrogen-bond donors (Lipinski definition) is 0. The Kier molecular flexibility index (Phi) is 5.07. The molecule has 0 aliphatic heterocycles. The second-order valence-corrected chi connectivity index (χ2v) is 5.74. The zero-order chi connectivity index (χ0) is 16.6. The highest BCUT2D eigenvalue weighted by Gasteiger charge is 2.24. The Morgan fingerprint density at radius 2 is 1.09 bits per heavy atom. The first-order chi connectivity index (χ1) is 10.3. The van der Waals surface area contributed by atoms with Crippen LogP contribution in [0.4, 0.5) is 0 Å².